The molecule has 158 valence electrons. The van der Waals surface area contributed by atoms with Crippen molar-refractivity contribution in [2.75, 3.05) is 26.3 Å². The number of carbonyl (C=O) groups excluding carboxylic acids is 1. The van der Waals surface area contributed by atoms with Gasteiger partial charge in [-0.1, -0.05) is 6.07 Å². The molecule has 0 radical (unpaired) electrons. The molecule has 0 aliphatic carbocycles. The summed E-state index contributed by atoms with van der Waals surface area (Å²) in [7, 11) is -3.59. The maximum atomic E-state index is 13.2. The lowest BCUT2D eigenvalue weighted by Gasteiger charge is -2.26. The van der Waals surface area contributed by atoms with Crippen LogP contribution in [0.1, 0.15) is 20.8 Å². The predicted octanol–water partition coefficient (Wildman–Crippen LogP) is 3.20. The Morgan fingerprint density at radius 1 is 1.07 bits per heavy atom. The maximum absolute atomic E-state index is 13.2. The molecule has 3 heterocycles. The van der Waals surface area contributed by atoms with Crippen molar-refractivity contribution in [1.82, 2.24) is 9.21 Å². The number of thiophene rings is 1. The molecule has 1 fully saturated rings. The molecular weight excluding hydrogens is 424 g/mol. The van der Waals surface area contributed by atoms with E-state index in [1.807, 2.05) is 23.6 Å². The second kappa shape index (κ2) is 9.13. The van der Waals surface area contributed by atoms with E-state index in [1.54, 1.807) is 40.9 Å². The molecule has 2 aromatic heterocycles. The summed E-state index contributed by atoms with van der Waals surface area (Å²) < 4.78 is 37.4. The van der Waals surface area contributed by atoms with Gasteiger partial charge in [0, 0.05) is 35.6 Å². The lowest BCUT2D eigenvalue weighted by molar-refractivity contribution is 0.0729. The number of furan rings is 1. The summed E-state index contributed by atoms with van der Waals surface area (Å²) in [4.78, 5) is 16.2. The van der Waals surface area contributed by atoms with Crippen LogP contribution in [0, 0.1) is 0 Å². The van der Waals surface area contributed by atoms with Crippen LogP contribution in [0.5, 0.6) is 0 Å². The Morgan fingerprint density at radius 3 is 2.47 bits per heavy atom. The SMILES string of the molecule is O=C(c1ccc(S(=O)(=O)N2CCOCC2)cc1)N(Cc1ccoc1)Cc1cccs1. The fraction of sp³-hybridized carbons (Fsp3) is 0.286. The predicted molar refractivity (Wildman–Crippen MR) is 113 cm³/mol. The first kappa shape index (κ1) is 20.8. The van der Waals surface area contributed by atoms with Crippen LogP contribution in [0.3, 0.4) is 0 Å². The van der Waals surface area contributed by atoms with E-state index < -0.39 is 10.0 Å². The van der Waals surface area contributed by atoms with E-state index in [0.717, 1.165) is 10.4 Å². The monoisotopic (exact) mass is 446 g/mol. The van der Waals surface area contributed by atoms with Gasteiger partial charge in [-0.05, 0) is 41.8 Å². The van der Waals surface area contributed by atoms with E-state index in [2.05, 4.69) is 0 Å². The van der Waals surface area contributed by atoms with Crippen LogP contribution in [0.25, 0.3) is 0 Å². The van der Waals surface area contributed by atoms with Crippen molar-refractivity contribution in [3.05, 3.63) is 76.4 Å². The van der Waals surface area contributed by atoms with Crippen LogP contribution < -0.4 is 0 Å². The molecular formula is C21H22N2O5S2. The lowest BCUT2D eigenvalue weighted by atomic mass is 10.2. The summed E-state index contributed by atoms with van der Waals surface area (Å²) >= 11 is 1.59. The van der Waals surface area contributed by atoms with Gasteiger partial charge in [0.25, 0.3) is 5.91 Å². The topological polar surface area (TPSA) is 80.1 Å². The molecule has 0 N–H and O–H groups in total. The Balaban J connectivity index is 1.54. The van der Waals surface area contributed by atoms with Crippen LogP contribution in [0.15, 0.2) is 69.7 Å². The van der Waals surface area contributed by atoms with E-state index in [0.29, 0.717) is 45.0 Å². The summed E-state index contributed by atoms with van der Waals surface area (Å²) in [6, 6.07) is 11.9. The van der Waals surface area contributed by atoms with E-state index in [1.165, 1.54) is 16.4 Å². The minimum Gasteiger partial charge on any atom is -0.472 e. The maximum Gasteiger partial charge on any atom is 0.254 e. The second-order valence-electron chi connectivity index (χ2n) is 6.91. The normalized spacial score (nSPS) is 15.2. The molecule has 1 aliphatic heterocycles. The highest BCUT2D eigenvalue weighted by molar-refractivity contribution is 7.89. The molecule has 4 rings (SSSR count). The van der Waals surface area contributed by atoms with Crippen molar-refractivity contribution in [1.29, 1.82) is 0 Å². The van der Waals surface area contributed by atoms with E-state index in [4.69, 9.17) is 9.15 Å². The zero-order valence-electron chi connectivity index (χ0n) is 16.3. The summed E-state index contributed by atoms with van der Waals surface area (Å²) in [6.07, 6.45) is 3.20. The van der Waals surface area contributed by atoms with Crippen LogP contribution in [0.2, 0.25) is 0 Å². The van der Waals surface area contributed by atoms with Crippen molar-refractivity contribution in [3.8, 4) is 0 Å². The zero-order valence-corrected chi connectivity index (χ0v) is 17.9. The summed E-state index contributed by atoms with van der Waals surface area (Å²) in [6.45, 7) is 2.32. The third kappa shape index (κ3) is 4.65. The minimum absolute atomic E-state index is 0.167. The van der Waals surface area contributed by atoms with Gasteiger partial charge in [-0.25, -0.2) is 8.42 Å². The molecule has 0 atom stereocenters. The first-order valence-corrected chi connectivity index (χ1v) is 11.9. The lowest BCUT2D eigenvalue weighted by Crippen LogP contribution is -2.40. The Morgan fingerprint density at radius 2 is 1.83 bits per heavy atom. The summed E-state index contributed by atoms with van der Waals surface area (Å²) in [5.74, 6) is -0.167. The summed E-state index contributed by atoms with van der Waals surface area (Å²) in [5.41, 5.74) is 1.34. The fourth-order valence-electron chi connectivity index (χ4n) is 3.28. The molecule has 0 saturated carbocycles. The highest BCUT2D eigenvalue weighted by Gasteiger charge is 2.27. The first-order chi connectivity index (χ1) is 14.5. The molecule has 9 heteroatoms. The van der Waals surface area contributed by atoms with Gasteiger partial charge in [-0.15, -0.1) is 11.3 Å². The highest BCUT2D eigenvalue weighted by atomic mass is 32.2. The smallest absolute Gasteiger partial charge is 0.254 e. The van der Waals surface area contributed by atoms with E-state index in [-0.39, 0.29) is 10.8 Å². The van der Waals surface area contributed by atoms with Crippen LogP contribution >= 0.6 is 11.3 Å². The molecule has 1 aromatic carbocycles. The Hall–Kier alpha value is -2.46. The van der Waals surface area contributed by atoms with Gasteiger partial charge in [0.2, 0.25) is 10.0 Å². The Bertz CT molecular complexity index is 1020. The first-order valence-electron chi connectivity index (χ1n) is 9.55. The number of carbonyl (C=O) groups is 1. The molecule has 7 nitrogen and oxygen atoms in total. The molecule has 30 heavy (non-hydrogen) atoms. The fourth-order valence-corrected chi connectivity index (χ4v) is 5.41. The molecule has 1 amide bonds. The van der Waals surface area contributed by atoms with Gasteiger partial charge in [0.1, 0.15) is 0 Å². The standard InChI is InChI=1S/C21H22N2O5S2/c24-21(22(14-17-7-10-28-16-17)15-19-2-1-13-29-19)18-3-5-20(6-4-18)30(25,26)23-8-11-27-12-9-23/h1-7,10,13,16H,8-9,11-12,14-15H2. The average Bonchev–Trinajstić information content (AvgIpc) is 3.48. The van der Waals surface area contributed by atoms with Gasteiger partial charge < -0.3 is 14.1 Å². The summed E-state index contributed by atoms with van der Waals surface area (Å²) in [5, 5.41) is 1.97. The molecule has 3 aromatic rings. The number of amides is 1. The number of nitrogens with zero attached hydrogens (tertiary/aromatic N) is 2. The number of morpholine rings is 1. The zero-order chi connectivity index (χ0) is 21.0. The van der Waals surface area contributed by atoms with Crippen molar-refractivity contribution in [2.45, 2.75) is 18.0 Å². The van der Waals surface area contributed by atoms with Crippen LogP contribution in [-0.2, 0) is 27.8 Å². The number of benzene rings is 1. The number of ether oxygens (including phenoxy) is 1. The third-order valence-corrected chi connectivity index (χ3v) is 7.65. The Labute approximate surface area is 179 Å². The quantitative estimate of drug-likeness (QED) is 0.557. The largest absolute Gasteiger partial charge is 0.472 e. The van der Waals surface area contributed by atoms with Gasteiger partial charge in [0.05, 0.1) is 37.2 Å². The van der Waals surface area contributed by atoms with Gasteiger partial charge in [-0.2, -0.15) is 4.31 Å². The number of hydrogen-bond acceptors (Lipinski definition) is 6. The average molecular weight is 447 g/mol. The molecule has 1 saturated heterocycles. The van der Waals surface area contributed by atoms with Crippen LogP contribution in [0.4, 0.5) is 0 Å². The molecule has 0 bridgehead atoms. The van der Waals surface area contributed by atoms with Gasteiger partial charge >= 0.3 is 0 Å². The van der Waals surface area contributed by atoms with E-state index in [9.17, 15) is 13.2 Å². The van der Waals surface area contributed by atoms with Crippen LogP contribution in [-0.4, -0.2) is 49.8 Å². The van der Waals surface area contributed by atoms with E-state index >= 15 is 0 Å². The van der Waals surface area contributed by atoms with Crippen molar-refractivity contribution in [2.24, 2.45) is 0 Å². The number of sulfonamides is 1. The second-order valence-corrected chi connectivity index (χ2v) is 9.88. The molecule has 0 spiro atoms. The van der Waals surface area contributed by atoms with Crippen molar-refractivity contribution in [3.63, 3.8) is 0 Å². The Kier molecular flexibility index (Phi) is 6.33. The highest BCUT2D eigenvalue weighted by Crippen LogP contribution is 2.21. The van der Waals surface area contributed by atoms with Crippen molar-refractivity contribution >= 4 is 27.3 Å². The van der Waals surface area contributed by atoms with Crippen molar-refractivity contribution < 1.29 is 22.4 Å². The molecule has 0 unspecified atom stereocenters. The number of rotatable bonds is 7. The molecule has 1 aliphatic rings. The number of hydrogen-bond donors (Lipinski definition) is 0. The van der Waals surface area contributed by atoms with Gasteiger partial charge in [0.15, 0.2) is 0 Å². The van der Waals surface area contributed by atoms with Gasteiger partial charge in [-0.3, -0.25) is 4.79 Å². The minimum atomic E-state index is -3.59. The third-order valence-electron chi connectivity index (χ3n) is 4.88.